The predicted molar refractivity (Wildman–Crippen MR) is 38.7 cm³/mol. The number of likely N-dealkylation sites (N-methyl/N-ethyl adjacent to an activating group) is 1. The molecule has 0 aromatic heterocycles. The number of hydrogen-bond donors (Lipinski definition) is 1. The molecule has 2 N–H and O–H groups in total. The van der Waals surface area contributed by atoms with Crippen LogP contribution in [-0.2, 0) is 0 Å². The van der Waals surface area contributed by atoms with E-state index in [1.807, 2.05) is 13.0 Å². The topological polar surface area (TPSA) is 29.3 Å². The van der Waals surface area contributed by atoms with Crippen LogP contribution >= 0.6 is 0 Å². The molecule has 1 aliphatic heterocycles. The molecule has 0 amide bonds. The van der Waals surface area contributed by atoms with Crippen LogP contribution in [0.5, 0.6) is 0 Å². The fourth-order valence-corrected chi connectivity index (χ4v) is 0.676. The second-order valence-electron chi connectivity index (χ2n) is 2.12. The van der Waals surface area contributed by atoms with E-state index in [-0.39, 0.29) is 0 Å². The molecule has 1 heterocycles. The third kappa shape index (κ3) is 1.25. The van der Waals surface area contributed by atoms with Crippen LogP contribution < -0.4 is 5.73 Å². The molecule has 2 nitrogen and oxygen atoms in total. The van der Waals surface area contributed by atoms with E-state index in [9.17, 15) is 0 Å². The lowest BCUT2D eigenvalue weighted by Crippen LogP contribution is -2.18. The summed E-state index contributed by atoms with van der Waals surface area (Å²) in [5, 5.41) is 0. The van der Waals surface area contributed by atoms with Crippen LogP contribution in [0.1, 0.15) is 11.0 Å². The average molecular weight is 127 g/mol. The lowest BCUT2D eigenvalue weighted by molar-refractivity contribution is 0.496. The first-order valence-corrected chi connectivity index (χ1v) is 2.82. The molecule has 0 bridgehead atoms. The van der Waals surface area contributed by atoms with Crippen molar-refractivity contribution in [3.05, 3.63) is 23.5 Å². The molecule has 1 rings (SSSR count). The maximum absolute atomic E-state index is 7.11. The summed E-state index contributed by atoms with van der Waals surface area (Å²) in [5.74, 6) is 0. The van der Waals surface area contributed by atoms with Crippen LogP contribution in [0, 0.1) is 0 Å². The van der Waals surface area contributed by atoms with Gasteiger partial charge >= 0.3 is 0 Å². The van der Waals surface area contributed by atoms with Crippen molar-refractivity contribution in [3.8, 4) is 0 Å². The third-order valence-corrected chi connectivity index (χ3v) is 1.34. The van der Waals surface area contributed by atoms with E-state index in [0.717, 1.165) is 5.57 Å². The van der Waals surface area contributed by atoms with Crippen molar-refractivity contribution < 1.29 is 4.11 Å². The maximum atomic E-state index is 7.11. The molecule has 9 heavy (non-hydrogen) atoms. The minimum absolute atomic E-state index is 0.406. The first kappa shape index (κ1) is 3.30. The van der Waals surface area contributed by atoms with Gasteiger partial charge in [-0.2, -0.15) is 0 Å². The van der Waals surface area contributed by atoms with Gasteiger partial charge in [0.15, 0.2) is 0 Å². The van der Waals surface area contributed by atoms with Crippen LogP contribution in [0.15, 0.2) is 23.5 Å². The van der Waals surface area contributed by atoms with Gasteiger partial charge in [0.05, 0.1) is 5.70 Å². The zero-order valence-electron chi connectivity index (χ0n) is 8.39. The van der Waals surface area contributed by atoms with Gasteiger partial charge in [-0.3, -0.25) is 0 Å². The van der Waals surface area contributed by atoms with Crippen LogP contribution in [0.25, 0.3) is 0 Å². The van der Waals surface area contributed by atoms with Crippen molar-refractivity contribution in [2.24, 2.45) is 5.73 Å². The normalized spacial score (nSPS) is 25.4. The monoisotopic (exact) mass is 127 g/mol. The van der Waals surface area contributed by atoms with Gasteiger partial charge in [0.25, 0.3) is 0 Å². The molecule has 0 aromatic rings. The fraction of sp³-hybridized carbons (Fsp3) is 0.429. The van der Waals surface area contributed by atoms with Gasteiger partial charge in [-0.1, -0.05) is 6.08 Å². The zero-order chi connectivity index (χ0) is 9.35. The summed E-state index contributed by atoms with van der Waals surface area (Å²) in [4.78, 5) is 1.25. The summed E-state index contributed by atoms with van der Waals surface area (Å²) >= 11 is 0. The van der Waals surface area contributed by atoms with E-state index < -0.39 is 6.98 Å². The second-order valence-corrected chi connectivity index (χ2v) is 2.12. The van der Waals surface area contributed by atoms with E-state index in [0.29, 0.717) is 12.2 Å². The van der Waals surface area contributed by atoms with Crippen molar-refractivity contribution in [3.63, 3.8) is 0 Å². The molecule has 2 heteroatoms. The Bertz CT molecular complexity index is 240. The van der Waals surface area contributed by atoms with Crippen LogP contribution in [0.3, 0.4) is 0 Å². The SMILES string of the molecule is [2H]C([2H])([2H])N1C=C(N)C(C)=CC1. The standard InChI is InChI=1S/C7H12N2/c1-6-3-4-9(2)5-7(6)8/h3,5H,4,8H2,1-2H3/i2D3. The Hall–Kier alpha value is -0.920. The summed E-state index contributed by atoms with van der Waals surface area (Å²) in [6, 6.07) is 0. The van der Waals surface area contributed by atoms with Crippen molar-refractivity contribution >= 4 is 0 Å². The summed E-state index contributed by atoms with van der Waals surface area (Å²) in [6.45, 7) is 0.188. The highest BCUT2D eigenvalue weighted by atomic mass is 15.1. The first-order valence-electron chi connectivity index (χ1n) is 4.32. The third-order valence-electron chi connectivity index (χ3n) is 1.34. The Labute approximate surface area is 59.9 Å². The first-order chi connectivity index (χ1) is 5.41. The number of nitrogens with zero attached hydrogens (tertiary/aromatic N) is 1. The molecule has 0 spiro atoms. The molecule has 0 unspecified atom stereocenters. The number of allylic oxidation sites excluding steroid dienone is 1. The zero-order valence-corrected chi connectivity index (χ0v) is 5.39. The van der Waals surface area contributed by atoms with Crippen LogP contribution in [-0.4, -0.2) is 18.4 Å². The van der Waals surface area contributed by atoms with E-state index >= 15 is 0 Å². The highest BCUT2D eigenvalue weighted by Crippen LogP contribution is 2.08. The van der Waals surface area contributed by atoms with Gasteiger partial charge in [-0.25, -0.2) is 0 Å². The van der Waals surface area contributed by atoms with E-state index in [2.05, 4.69) is 0 Å². The number of rotatable bonds is 0. The summed E-state index contributed by atoms with van der Waals surface area (Å²) in [5.41, 5.74) is 7.03. The number of hydrogen-bond acceptors (Lipinski definition) is 2. The highest BCUT2D eigenvalue weighted by Gasteiger charge is 2.01. The van der Waals surface area contributed by atoms with Gasteiger partial charge in [-0.15, -0.1) is 0 Å². The Kier molecular flexibility index (Phi) is 0.781. The van der Waals surface area contributed by atoms with Crippen molar-refractivity contribution in [1.29, 1.82) is 0 Å². The van der Waals surface area contributed by atoms with E-state index in [1.165, 1.54) is 11.1 Å². The second kappa shape index (κ2) is 2.13. The lowest BCUT2D eigenvalue weighted by atomic mass is 10.2. The van der Waals surface area contributed by atoms with Crippen molar-refractivity contribution in [1.82, 2.24) is 4.90 Å². The Morgan fingerprint density at radius 3 is 3.22 bits per heavy atom. The predicted octanol–water partition coefficient (Wildman–Crippen LogP) is 0.678. The summed E-state index contributed by atoms with van der Waals surface area (Å²) in [7, 11) is 0. The van der Waals surface area contributed by atoms with Crippen LogP contribution in [0.2, 0.25) is 0 Å². The van der Waals surface area contributed by atoms with Gasteiger partial charge in [-0.05, 0) is 12.5 Å². The van der Waals surface area contributed by atoms with Gasteiger partial charge in [0.1, 0.15) is 0 Å². The summed E-state index contributed by atoms with van der Waals surface area (Å²) in [6.07, 6.45) is 3.28. The Morgan fingerprint density at radius 2 is 2.67 bits per heavy atom. The molecule has 0 saturated carbocycles. The minimum Gasteiger partial charge on any atom is -0.397 e. The molecule has 1 aliphatic rings. The van der Waals surface area contributed by atoms with Gasteiger partial charge in [0, 0.05) is 23.8 Å². The average Bonchev–Trinajstić information content (AvgIpc) is 1.92. The molecule has 0 saturated heterocycles. The molecule has 0 aliphatic carbocycles. The van der Waals surface area contributed by atoms with Gasteiger partial charge in [0.2, 0.25) is 0 Å². The maximum Gasteiger partial charge on any atom is 0.0502 e. The summed E-state index contributed by atoms with van der Waals surface area (Å²) < 4.78 is 21.3. The van der Waals surface area contributed by atoms with Crippen molar-refractivity contribution in [2.45, 2.75) is 6.92 Å². The molecule has 0 fully saturated rings. The molecule has 0 radical (unpaired) electrons. The molecule has 50 valence electrons. The highest BCUT2D eigenvalue weighted by molar-refractivity contribution is 5.28. The quantitative estimate of drug-likeness (QED) is 0.518. The smallest absolute Gasteiger partial charge is 0.0502 e. The van der Waals surface area contributed by atoms with Crippen LogP contribution in [0.4, 0.5) is 0 Å². The largest absolute Gasteiger partial charge is 0.397 e. The van der Waals surface area contributed by atoms with E-state index in [4.69, 9.17) is 9.85 Å². The fourth-order valence-electron chi connectivity index (χ4n) is 0.676. The molecular formula is C7H12N2. The Morgan fingerprint density at radius 1 is 1.89 bits per heavy atom. The number of nitrogens with two attached hydrogens (primary N) is 1. The molecular weight excluding hydrogens is 112 g/mol. The Balaban J connectivity index is 2.79. The van der Waals surface area contributed by atoms with E-state index in [1.54, 1.807) is 0 Å². The lowest BCUT2D eigenvalue weighted by Gasteiger charge is -2.18. The van der Waals surface area contributed by atoms with Gasteiger partial charge < -0.3 is 10.6 Å². The molecule has 0 aromatic carbocycles. The minimum atomic E-state index is -2.08. The molecule has 0 atom stereocenters. The van der Waals surface area contributed by atoms with Crippen molar-refractivity contribution in [2.75, 3.05) is 13.5 Å².